The maximum Gasteiger partial charge on any atom is 0.158 e. The summed E-state index contributed by atoms with van der Waals surface area (Å²) in [5.41, 5.74) is 2.40. The summed E-state index contributed by atoms with van der Waals surface area (Å²) in [5, 5.41) is 17.6. The third-order valence-corrected chi connectivity index (χ3v) is 4.69. The average Bonchev–Trinajstić information content (AvgIpc) is 2.96. The summed E-state index contributed by atoms with van der Waals surface area (Å²) in [6.07, 6.45) is 5.28. The standard InChI is InChI=1S/C17H25N5O/c1-3-13-6-7-15(18-9-13)11-22-8-4-5-14(10-22)17-20-19-16(12-23)21(17)2/h6-7,9,14,23H,3-5,8,10-12H2,1-2H3/t14-/m1/s1. The largest absolute Gasteiger partial charge is 0.388 e. The fourth-order valence-electron chi connectivity index (χ4n) is 3.27. The van der Waals surface area contributed by atoms with Crippen molar-refractivity contribution in [2.75, 3.05) is 13.1 Å². The molecule has 0 aliphatic carbocycles. The number of aromatic nitrogens is 4. The number of pyridine rings is 1. The van der Waals surface area contributed by atoms with E-state index < -0.39 is 0 Å². The molecule has 1 saturated heterocycles. The van der Waals surface area contributed by atoms with E-state index in [0.717, 1.165) is 50.4 Å². The quantitative estimate of drug-likeness (QED) is 0.908. The Morgan fingerprint density at radius 2 is 2.17 bits per heavy atom. The zero-order valence-corrected chi connectivity index (χ0v) is 13.9. The van der Waals surface area contributed by atoms with Crippen molar-refractivity contribution in [1.29, 1.82) is 0 Å². The van der Waals surface area contributed by atoms with Crippen molar-refractivity contribution in [3.8, 4) is 0 Å². The minimum Gasteiger partial charge on any atom is -0.388 e. The van der Waals surface area contributed by atoms with Crippen LogP contribution in [0.15, 0.2) is 18.3 Å². The molecule has 3 heterocycles. The molecule has 6 heteroatoms. The van der Waals surface area contributed by atoms with Crippen LogP contribution in [-0.2, 0) is 26.6 Å². The van der Waals surface area contributed by atoms with E-state index in [0.29, 0.717) is 11.7 Å². The minimum absolute atomic E-state index is 0.0619. The molecule has 2 aromatic heterocycles. The van der Waals surface area contributed by atoms with Crippen LogP contribution < -0.4 is 0 Å². The molecule has 0 aromatic carbocycles. The number of aryl methyl sites for hydroxylation is 1. The summed E-state index contributed by atoms with van der Waals surface area (Å²) in [5.74, 6) is 1.98. The molecule has 0 amide bonds. The number of piperidine rings is 1. The zero-order valence-electron chi connectivity index (χ0n) is 13.9. The van der Waals surface area contributed by atoms with E-state index >= 15 is 0 Å². The molecule has 6 nitrogen and oxygen atoms in total. The molecule has 124 valence electrons. The molecule has 3 rings (SSSR count). The summed E-state index contributed by atoms with van der Waals surface area (Å²) in [4.78, 5) is 7.01. The van der Waals surface area contributed by atoms with Crippen LogP contribution in [0.3, 0.4) is 0 Å². The maximum absolute atomic E-state index is 9.28. The second kappa shape index (κ2) is 7.19. The van der Waals surface area contributed by atoms with Gasteiger partial charge in [-0.1, -0.05) is 13.0 Å². The zero-order chi connectivity index (χ0) is 16.2. The summed E-state index contributed by atoms with van der Waals surface area (Å²) in [6, 6.07) is 4.30. The molecular formula is C17H25N5O. The molecule has 1 aliphatic rings. The Hall–Kier alpha value is -1.79. The van der Waals surface area contributed by atoms with Crippen molar-refractivity contribution < 1.29 is 5.11 Å². The van der Waals surface area contributed by atoms with Crippen LogP contribution >= 0.6 is 0 Å². The first-order valence-corrected chi connectivity index (χ1v) is 8.36. The van der Waals surface area contributed by atoms with Gasteiger partial charge in [0.2, 0.25) is 0 Å². The number of nitrogens with zero attached hydrogens (tertiary/aromatic N) is 5. The molecule has 0 spiro atoms. The van der Waals surface area contributed by atoms with Gasteiger partial charge in [0.25, 0.3) is 0 Å². The molecule has 1 N–H and O–H groups in total. The van der Waals surface area contributed by atoms with Gasteiger partial charge in [0.1, 0.15) is 12.4 Å². The lowest BCUT2D eigenvalue weighted by Gasteiger charge is -2.31. The Morgan fingerprint density at radius 1 is 1.30 bits per heavy atom. The highest BCUT2D eigenvalue weighted by molar-refractivity contribution is 5.14. The second-order valence-electron chi connectivity index (χ2n) is 6.28. The van der Waals surface area contributed by atoms with Crippen molar-refractivity contribution in [3.63, 3.8) is 0 Å². The van der Waals surface area contributed by atoms with Crippen LogP contribution in [0.4, 0.5) is 0 Å². The van der Waals surface area contributed by atoms with Gasteiger partial charge in [-0.2, -0.15) is 0 Å². The lowest BCUT2D eigenvalue weighted by Crippen LogP contribution is -2.35. The summed E-state index contributed by atoms with van der Waals surface area (Å²) < 4.78 is 1.93. The van der Waals surface area contributed by atoms with E-state index in [9.17, 15) is 5.11 Å². The lowest BCUT2D eigenvalue weighted by molar-refractivity contribution is 0.192. The van der Waals surface area contributed by atoms with E-state index in [1.807, 2.05) is 17.8 Å². The average molecular weight is 315 g/mol. The molecule has 0 saturated carbocycles. The van der Waals surface area contributed by atoms with Crippen LogP contribution in [0, 0.1) is 0 Å². The molecule has 1 fully saturated rings. The molecule has 0 radical (unpaired) electrons. The van der Waals surface area contributed by atoms with Crippen molar-refractivity contribution in [1.82, 2.24) is 24.6 Å². The first kappa shape index (κ1) is 16.1. The smallest absolute Gasteiger partial charge is 0.158 e. The van der Waals surface area contributed by atoms with E-state index in [1.165, 1.54) is 5.56 Å². The van der Waals surface area contributed by atoms with E-state index in [2.05, 4.69) is 39.1 Å². The number of hydrogen-bond donors (Lipinski definition) is 1. The van der Waals surface area contributed by atoms with Crippen molar-refractivity contribution in [2.24, 2.45) is 7.05 Å². The summed E-state index contributed by atoms with van der Waals surface area (Å²) >= 11 is 0. The number of aliphatic hydroxyl groups excluding tert-OH is 1. The number of hydrogen-bond acceptors (Lipinski definition) is 5. The van der Waals surface area contributed by atoms with Crippen molar-refractivity contribution >= 4 is 0 Å². The SMILES string of the molecule is CCc1ccc(CN2CCC[C@@H](c3nnc(CO)n3C)C2)nc1. The first-order valence-electron chi connectivity index (χ1n) is 8.36. The van der Waals surface area contributed by atoms with Gasteiger partial charge in [0.05, 0.1) is 5.69 Å². The van der Waals surface area contributed by atoms with Gasteiger partial charge in [0, 0.05) is 32.3 Å². The molecule has 0 unspecified atom stereocenters. The Bertz CT molecular complexity index is 637. The summed E-state index contributed by atoms with van der Waals surface area (Å²) in [7, 11) is 1.94. The predicted octanol–water partition coefficient (Wildman–Crippen LogP) is 1.64. The molecule has 1 aliphatic heterocycles. The van der Waals surface area contributed by atoms with E-state index in [4.69, 9.17) is 0 Å². The van der Waals surface area contributed by atoms with Crippen molar-refractivity contribution in [2.45, 2.75) is 45.3 Å². The van der Waals surface area contributed by atoms with Gasteiger partial charge in [-0.25, -0.2) is 0 Å². The molecular weight excluding hydrogens is 290 g/mol. The summed E-state index contributed by atoms with van der Waals surface area (Å²) in [6.45, 7) is 5.03. The normalized spacial score (nSPS) is 19.2. The minimum atomic E-state index is -0.0619. The Morgan fingerprint density at radius 3 is 2.83 bits per heavy atom. The Balaban J connectivity index is 1.66. The van der Waals surface area contributed by atoms with Crippen LogP contribution in [0.1, 0.15) is 48.6 Å². The number of aliphatic hydroxyl groups is 1. The molecule has 2 aromatic rings. The van der Waals surface area contributed by atoms with Crippen LogP contribution in [0.5, 0.6) is 0 Å². The van der Waals surface area contributed by atoms with Crippen LogP contribution in [0.25, 0.3) is 0 Å². The fraction of sp³-hybridized carbons (Fsp3) is 0.588. The topological polar surface area (TPSA) is 67.1 Å². The maximum atomic E-state index is 9.28. The van der Waals surface area contributed by atoms with Gasteiger partial charge in [-0.3, -0.25) is 9.88 Å². The first-order chi connectivity index (χ1) is 11.2. The third kappa shape index (κ3) is 3.59. The number of likely N-dealkylation sites (tertiary alicyclic amines) is 1. The van der Waals surface area contributed by atoms with Crippen molar-refractivity contribution in [3.05, 3.63) is 41.2 Å². The lowest BCUT2D eigenvalue weighted by atomic mass is 9.97. The second-order valence-corrected chi connectivity index (χ2v) is 6.28. The van der Waals surface area contributed by atoms with Crippen LogP contribution in [-0.4, -0.2) is 42.8 Å². The van der Waals surface area contributed by atoms with Gasteiger partial charge in [-0.15, -0.1) is 10.2 Å². The molecule has 0 bridgehead atoms. The monoisotopic (exact) mass is 315 g/mol. The third-order valence-electron chi connectivity index (χ3n) is 4.69. The molecule has 23 heavy (non-hydrogen) atoms. The predicted molar refractivity (Wildman–Crippen MR) is 87.8 cm³/mol. The molecule has 1 atom stereocenters. The van der Waals surface area contributed by atoms with Gasteiger partial charge >= 0.3 is 0 Å². The van der Waals surface area contributed by atoms with Gasteiger partial charge in [0.15, 0.2) is 5.82 Å². The fourth-order valence-corrected chi connectivity index (χ4v) is 3.27. The highest BCUT2D eigenvalue weighted by Gasteiger charge is 2.26. The van der Waals surface area contributed by atoms with E-state index in [-0.39, 0.29) is 6.61 Å². The van der Waals surface area contributed by atoms with Gasteiger partial charge < -0.3 is 9.67 Å². The van der Waals surface area contributed by atoms with E-state index in [1.54, 1.807) is 0 Å². The highest BCUT2D eigenvalue weighted by atomic mass is 16.3. The van der Waals surface area contributed by atoms with Crippen LogP contribution in [0.2, 0.25) is 0 Å². The Labute approximate surface area is 137 Å². The van der Waals surface area contributed by atoms with Gasteiger partial charge in [-0.05, 0) is 37.4 Å². The number of rotatable bonds is 5. The Kier molecular flexibility index (Phi) is 5.03. The highest BCUT2D eigenvalue weighted by Crippen LogP contribution is 2.26.